The average Bonchev–Trinajstić information content (AvgIpc) is 3.37. The first kappa shape index (κ1) is 13.8. The molecule has 1 aliphatic rings. The van der Waals surface area contributed by atoms with E-state index in [1.807, 2.05) is 6.07 Å². The molecule has 0 atom stereocenters. The van der Waals surface area contributed by atoms with Gasteiger partial charge in [-0.15, -0.1) is 0 Å². The fraction of sp³-hybridized carbons (Fsp3) is 0.375. The smallest absolute Gasteiger partial charge is 0.145 e. The van der Waals surface area contributed by atoms with E-state index < -0.39 is 0 Å². The van der Waals surface area contributed by atoms with Crippen molar-refractivity contribution >= 4 is 11.6 Å². The number of benzene rings is 1. The first-order valence-electron chi connectivity index (χ1n) is 7.46. The lowest BCUT2D eigenvalue weighted by Gasteiger charge is -2.11. The molecular weight excluding hydrogens is 262 g/mol. The zero-order chi connectivity index (χ0) is 14.7. The lowest BCUT2D eigenvalue weighted by atomic mass is 10.1. The fourth-order valence-corrected chi connectivity index (χ4v) is 2.42. The van der Waals surface area contributed by atoms with Crippen LogP contribution in [0.2, 0.25) is 0 Å². The molecule has 0 spiro atoms. The highest BCUT2D eigenvalue weighted by Gasteiger charge is 2.27. The zero-order valence-electron chi connectivity index (χ0n) is 12.3. The minimum absolute atomic E-state index is 0.502. The van der Waals surface area contributed by atoms with Gasteiger partial charge in [-0.3, -0.25) is 0 Å². The normalized spacial score (nSPS) is 14.0. The van der Waals surface area contributed by atoms with E-state index in [2.05, 4.69) is 51.9 Å². The molecule has 3 rings (SSSR count). The third-order valence-corrected chi connectivity index (χ3v) is 3.79. The van der Waals surface area contributed by atoms with E-state index in [9.17, 15) is 0 Å². The molecule has 0 radical (unpaired) electrons. The van der Waals surface area contributed by atoms with E-state index in [1.165, 1.54) is 24.0 Å². The van der Waals surface area contributed by atoms with Gasteiger partial charge >= 0.3 is 0 Å². The highest BCUT2D eigenvalue weighted by molar-refractivity contribution is 5.48. The quantitative estimate of drug-likeness (QED) is 0.561. The molecule has 5 nitrogen and oxygen atoms in total. The van der Waals surface area contributed by atoms with E-state index in [4.69, 9.17) is 5.84 Å². The molecule has 21 heavy (non-hydrogen) atoms. The molecule has 0 amide bonds. The summed E-state index contributed by atoms with van der Waals surface area (Å²) in [5, 5.41) is 3.39. The molecule has 0 bridgehead atoms. The summed E-state index contributed by atoms with van der Waals surface area (Å²) in [4.78, 5) is 9.01. The number of rotatable bonds is 6. The van der Waals surface area contributed by atoms with Crippen LogP contribution in [0.4, 0.5) is 11.6 Å². The lowest BCUT2D eigenvalue weighted by molar-refractivity contribution is 0.918. The van der Waals surface area contributed by atoms with Crippen LogP contribution in [0.5, 0.6) is 0 Å². The van der Waals surface area contributed by atoms with Crippen molar-refractivity contribution in [2.45, 2.75) is 38.6 Å². The second kappa shape index (κ2) is 6.10. The van der Waals surface area contributed by atoms with Crippen molar-refractivity contribution in [2.75, 3.05) is 10.7 Å². The van der Waals surface area contributed by atoms with Crippen LogP contribution in [0.1, 0.15) is 42.6 Å². The summed E-state index contributed by atoms with van der Waals surface area (Å²) in [6.45, 7) is 2.93. The molecule has 1 fully saturated rings. The molecule has 1 aromatic carbocycles. The number of nitrogens with two attached hydrogens (primary N) is 1. The molecule has 1 aromatic heterocycles. The van der Waals surface area contributed by atoms with E-state index in [-0.39, 0.29) is 0 Å². The Hall–Kier alpha value is -2.14. The first-order chi connectivity index (χ1) is 10.3. The Morgan fingerprint density at radius 3 is 2.52 bits per heavy atom. The standard InChI is InChI=1S/C16H21N5/c1-2-11-5-3-4-6-13(11)10-18-14-9-15(21-17)20-16(19-14)12-7-8-12/h3-6,9,12H,2,7-8,10,17H2,1H3,(H2,18,19,20,21). The Labute approximate surface area is 125 Å². The van der Waals surface area contributed by atoms with Crippen LogP contribution in [0, 0.1) is 0 Å². The number of nitrogens with one attached hydrogen (secondary N) is 2. The number of nitrogens with zero attached hydrogens (tertiary/aromatic N) is 2. The predicted octanol–water partition coefficient (Wildman–Crippen LogP) is 2.81. The van der Waals surface area contributed by atoms with Crippen LogP contribution >= 0.6 is 0 Å². The highest BCUT2D eigenvalue weighted by Crippen LogP contribution is 2.38. The minimum Gasteiger partial charge on any atom is -0.366 e. The number of hydrogen-bond donors (Lipinski definition) is 3. The van der Waals surface area contributed by atoms with Crippen molar-refractivity contribution in [3.05, 3.63) is 47.3 Å². The molecule has 5 heteroatoms. The number of aromatic nitrogens is 2. The number of nitrogen functional groups attached to an aromatic ring is 1. The van der Waals surface area contributed by atoms with Gasteiger partial charge in [-0.25, -0.2) is 15.8 Å². The Morgan fingerprint density at radius 2 is 1.86 bits per heavy atom. The lowest BCUT2D eigenvalue weighted by Crippen LogP contribution is -2.12. The van der Waals surface area contributed by atoms with Crippen molar-refractivity contribution in [1.82, 2.24) is 9.97 Å². The molecule has 0 aliphatic heterocycles. The molecular formula is C16H21N5. The summed E-state index contributed by atoms with van der Waals surface area (Å²) in [5.74, 6) is 8.37. The largest absolute Gasteiger partial charge is 0.366 e. The Balaban J connectivity index is 1.76. The SMILES string of the molecule is CCc1ccccc1CNc1cc(NN)nc(C2CC2)n1. The van der Waals surface area contributed by atoms with Crippen molar-refractivity contribution in [3.63, 3.8) is 0 Å². The van der Waals surface area contributed by atoms with Gasteiger partial charge in [-0.1, -0.05) is 31.2 Å². The van der Waals surface area contributed by atoms with E-state index in [0.29, 0.717) is 11.7 Å². The summed E-state index contributed by atoms with van der Waals surface area (Å²) in [5.41, 5.74) is 5.28. The number of hydrogen-bond acceptors (Lipinski definition) is 5. The van der Waals surface area contributed by atoms with Gasteiger partial charge in [0.1, 0.15) is 17.5 Å². The molecule has 1 heterocycles. The number of hydrazine groups is 1. The molecule has 110 valence electrons. The fourth-order valence-electron chi connectivity index (χ4n) is 2.42. The van der Waals surface area contributed by atoms with Crippen LogP contribution in [0.15, 0.2) is 30.3 Å². The summed E-state index contributed by atoms with van der Waals surface area (Å²) >= 11 is 0. The minimum atomic E-state index is 0.502. The maximum Gasteiger partial charge on any atom is 0.145 e. The first-order valence-corrected chi connectivity index (χ1v) is 7.46. The maximum atomic E-state index is 5.49. The molecule has 4 N–H and O–H groups in total. The monoisotopic (exact) mass is 283 g/mol. The molecule has 0 saturated heterocycles. The average molecular weight is 283 g/mol. The molecule has 1 aliphatic carbocycles. The Bertz CT molecular complexity index is 622. The van der Waals surface area contributed by atoms with Crippen molar-refractivity contribution < 1.29 is 0 Å². The molecule has 0 unspecified atom stereocenters. The van der Waals surface area contributed by atoms with E-state index in [0.717, 1.165) is 24.6 Å². The van der Waals surface area contributed by atoms with Gasteiger partial charge in [0.25, 0.3) is 0 Å². The van der Waals surface area contributed by atoms with Crippen molar-refractivity contribution in [3.8, 4) is 0 Å². The summed E-state index contributed by atoms with van der Waals surface area (Å²) in [7, 11) is 0. The Kier molecular flexibility index (Phi) is 4.01. The topological polar surface area (TPSA) is 75.9 Å². The second-order valence-corrected chi connectivity index (χ2v) is 5.39. The zero-order valence-corrected chi connectivity index (χ0v) is 12.3. The van der Waals surface area contributed by atoms with Gasteiger partial charge in [0.2, 0.25) is 0 Å². The third-order valence-electron chi connectivity index (χ3n) is 3.79. The molecule has 2 aromatic rings. The van der Waals surface area contributed by atoms with Crippen molar-refractivity contribution in [2.24, 2.45) is 5.84 Å². The van der Waals surface area contributed by atoms with E-state index >= 15 is 0 Å². The van der Waals surface area contributed by atoms with Gasteiger partial charge in [0.05, 0.1) is 0 Å². The van der Waals surface area contributed by atoms with Gasteiger partial charge in [-0.05, 0) is 30.4 Å². The predicted molar refractivity (Wildman–Crippen MR) is 85.0 cm³/mol. The van der Waals surface area contributed by atoms with Crippen molar-refractivity contribution in [1.29, 1.82) is 0 Å². The van der Waals surface area contributed by atoms with Crippen LogP contribution < -0.4 is 16.6 Å². The Morgan fingerprint density at radius 1 is 1.14 bits per heavy atom. The summed E-state index contributed by atoms with van der Waals surface area (Å²) in [6.07, 6.45) is 3.38. The second-order valence-electron chi connectivity index (χ2n) is 5.39. The third kappa shape index (κ3) is 3.31. The summed E-state index contributed by atoms with van der Waals surface area (Å²) in [6, 6.07) is 10.3. The number of aryl methyl sites for hydroxylation is 1. The van der Waals surface area contributed by atoms with E-state index in [1.54, 1.807) is 0 Å². The van der Waals surface area contributed by atoms with Gasteiger partial charge in [-0.2, -0.15) is 0 Å². The van der Waals surface area contributed by atoms with Crippen LogP contribution in [0.3, 0.4) is 0 Å². The summed E-state index contributed by atoms with van der Waals surface area (Å²) < 4.78 is 0. The van der Waals surface area contributed by atoms with Gasteiger partial charge < -0.3 is 10.7 Å². The van der Waals surface area contributed by atoms with Crippen LogP contribution in [-0.2, 0) is 13.0 Å². The highest BCUT2D eigenvalue weighted by atomic mass is 15.3. The maximum absolute atomic E-state index is 5.49. The number of anilines is 2. The van der Waals surface area contributed by atoms with Gasteiger partial charge in [0.15, 0.2) is 0 Å². The van der Waals surface area contributed by atoms with Crippen LogP contribution in [-0.4, -0.2) is 9.97 Å². The van der Waals surface area contributed by atoms with Crippen LogP contribution in [0.25, 0.3) is 0 Å². The van der Waals surface area contributed by atoms with Gasteiger partial charge in [0, 0.05) is 18.5 Å². The molecule has 1 saturated carbocycles.